The summed E-state index contributed by atoms with van der Waals surface area (Å²) in [6.07, 6.45) is -3.66. The first-order valence-corrected chi connectivity index (χ1v) is 5.83. The number of rotatable bonds is 3. The molecule has 0 fully saturated rings. The molecular formula is C12H8ClF4N3. The van der Waals surface area contributed by atoms with E-state index in [1.165, 1.54) is 24.3 Å². The molecule has 0 saturated carbocycles. The molecule has 0 radical (unpaired) electrons. The predicted octanol–water partition coefficient (Wildman–Crippen LogP) is 3.90. The lowest BCUT2D eigenvalue weighted by Crippen LogP contribution is -2.13. The molecule has 0 bridgehead atoms. The van der Waals surface area contributed by atoms with E-state index in [4.69, 9.17) is 11.6 Å². The Balaban J connectivity index is 2.16. The summed E-state index contributed by atoms with van der Waals surface area (Å²) in [5, 5.41) is 2.76. The number of hydrogen-bond donors (Lipinski definition) is 1. The Labute approximate surface area is 116 Å². The molecule has 0 atom stereocenters. The number of aromatic nitrogens is 2. The van der Waals surface area contributed by atoms with Crippen molar-refractivity contribution < 1.29 is 17.6 Å². The zero-order valence-electron chi connectivity index (χ0n) is 9.88. The van der Waals surface area contributed by atoms with Crippen molar-refractivity contribution in [2.45, 2.75) is 12.7 Å². The topological polar surface area (TPSA) is 37.8 Å². The van der Waals surface area contributed by atoms with E-state index in [0.717, 1.165) is 6.20 Å². The van der Waals surface area contributed by atoms with Crippen molar-refractivity contribution in [1.82, 2.24) is 9.97 Å². The Morgan fingerprint density at radius 2 is 1.95 bits per heavy atom. The molecule has 0 saturated heterocycles. The van der Waals surface area contributed by atoms with Crippen molar-refractivity contribution in [3.8, 4) is 0 Å². The zero-order valence-corrected chi connectivity index (χ0v) is 10.6. The SMILES string of the molecule is Fc1cccc(Cl)c1CNc1ccnc(C(F)(F)F)n1. The van der Waals surface area contributed by atoms with Gasteiger partial charge in [-0.05, 0) is 18.2 Å². The average Bonchev–Trinajstić information content (AvgIpc) is 2.37. The monoisotopic (exact) mass is 305 g/mol. The molecule has 8 heteroatoms. The summed E-state index contributed by atoms with van der Waals surface area (Å²) in [6, 6.07) is 5.39. The highest BCUT2D eigenvalue weighted by Gasteiger charge is 2.34. The van der Waals surface area contributed by atoms with Crippen molar-refractivity contribution in [1.29, 1.82) is 0 Å². The maximum absolute atomic E-state index is 13.5. The lowest BCUT2D eigenvalue weighted by molar-refractivity contribution is -0.144. The molecule has 0 amide bonds. The Morgan fingerprint density at radius 3 is 2.60 bits per heavy atom. The maximum atomic E-state index is 13.5. The Hall–Kier alpha value is -1.89. The van der Waals surface area contributed by atoms with Crippen LogP contribution in [0, 0.1) is 5.82 Å². The van der Waals surface area contributed by atoms with Crippen LogP contribution >= 0.6 is 11.6 Å². The van der Waals surface area contributed by atoms with Crippen molar-refractivity contribution in [3.05, 3.63) is 52.7 Å². The van der Waals surface area contributed by atoms with Crippen LogP contribution < -0.4 is 5.32 Å². The van der Waals surface area contributed by atoms with Crippen LogP contribution in [0.15, 0.2) is 30.5 Å². The number of halogens is 5. The van der Waals surface area contributed by atoms with Gasteiger partial charge in [-0.25, -0.2) is 14.4 Å². The third-order valence-electron chi connectivity index (χ3n) is 2.42. The first kappa shape index (κ1) is 14.5. The van der Waals surface area contributed by atoms with Crippen LogP contribution in [-0.2, 0) is 12.7 Å². The van der Waals surface area contributed by atoms with Gasteiger partial charge in [-0.2, -0.15) is 13.2 Å². The van der Waals surface area contributed by atoms with Gasteiger partial charge in [-0.15, -0.1) is 0 Å². The number of alkyl halides is 3. The fourth-order valence-corrected chi connectivity index (χ4v) is 1.70. The molecule has 2 aromatic rings. The predicted molar refractivity (Wildman–Crippen MR) is 65.8 cm³/mol. The van der Waals surface area contributed by atoms with Crippen LogP contribution in [0.3, 0.4) is 0 Å². The summed E-state index contributed by atoms with van der Waals surface area (Å²) in [6.45, 7) is -0.0835. The fraction of sp³-hybridized carbons (Fsp3) is 0.167. The summed E-state index contributed by atoms with van der Waals surface area (Å²) < 4.78 is 50.8. The van der Waals surface area contributed by atoms with Crippen LogP contribution in [0.1, 0.15) is 11.4 Å². The molecular weight excluding hydrogens is 298 g/mol. The van der Waals surface area contributed by atoms with Gasteiger partial charge in [0.2, 0.25) is 5.82 Å². The second kappa shape index (κ2) is 5.62. The third-order valence-corrected chi connectivity index (χ3v) is 2.77. The van der Waals surface area contributed by atoms with Gasteiger partial charge < -0.3 is 5.32 Å². The van der Waals surface area contributed by atoms with E-state index < -0.39 is 17.8 Å². The largest absolute Gasteiger partial charge is 0.451 e. The minimum Gasteiger partial charge on any atom is -0.366 e. The molecule has 3 nitrogen and oxygen atoms in total. The van der Waals surface area contributed by atoms with Crippen LogP contribution in [0.5, 0.6) is 0 Å². The van der Waals surface area contributed by atoms with Gasteiger partial charge in [0.15, 0.2) is 0 Å². The molecule has 1 heterocycles. The van der Waals surface area contributed by atoms with Crippen LogP contribution in [0.4, 0.5) is 23.4 Å². The molecule has 0 aliphatic rings. The van der Waals surface area contributed by atoms with E-state index in [0.29, 0.717) is 0 Å². The second-order valence-electron chi connectivity index (χ2n) is 3.82. The molecule has 1 N–H and O–H groups in total. The summed E-state index contributed by atoms with van der Waals surface area (Å²) >= 11 is 5.81. The number of hydrogen-bond acceptors (Lipinski definition) is 3. The van der Waals surface area contributed by atoms with Gasteiger partial charge in [0, 0.05) is 23.3 Å². The maximum Gasteiger partial charge on any atom is 0.451 e. The molecule has 106 valence electrons. The highest BCUT2D eigenvalue weighted by molar-refractivity contribution is 6.31. The van der Waals surface area contributed by atoms with Crippen molar-refractivity contribution in [2.75, 3.05) is 5.32 Å². The summed E-state index contributed by atoms with van der Waals surface area (Å²) in [5.41, 5.74) is 0.154. The van der Waals surface area contributed by atoms with Crippen LogP contribution in [0.25, 0.3) is 0 Å². The molecule has 0 unspecified atom stereocenters. The van der Waals surface area contributed by atoms with Gasteiger partial charge in [-0.1, -0.05) is 17.7 Å². The van der Waals surface area contributed by atoms with Crippen LogP contribution in [-0.4, -0.2) is 9.97 Å². The Morgan fingerprint density at radius 1 is 1.20 bits per heavy atom. The molecule has 0 aliphatic carbocycles. The standard InChI is InChI=1S/C12H8ClF4N3/c13-8-2-1-3-9(14)7(8)6-19-10-4-5-18-11(20-10)12(15,16)17/h1-5H,6H2,(H,18,19,20). The van der Waals surface area contributed by atoms with E-state index in [1.54, 1.807) is 0 Å². The zero-order chi connectivity index (χ0) is 14.8. The summed E-state index contributed by atoms with van der Waals surface area (Å²) in [5.74, 6) is -1.87. The molecule has 1 aromatic heterocycles. The first-order chi connectivity index (χ1) is 9.38. The normalized spacial score (nSPS) is 11.4. The van der Waals surface area contributed by atoms with Crippen molar-refractivity contribution in [3.63, 3.8) is 0 Å². The quantitative estimate of drug-likeness (QED) is 0.874. The number of anilines is 1. The molecule has 2 rings (SSSR count). The minimum absolute atomic E-state index is 0.0633. The summed E-state index contributed by atoms with van der Waals surface area (Å²) in [7, 11) is 0. The number of nitrogens with one attached hydrogen (secondary N) is 1. The van der Waals surface area contributed by atoms with Gasteiger partial charge in [0.25, 0.3) is 0 Å². The smallest absolute Gasteiger partial charge is 0.366 e. The second-order valence-corrected chi connectivity index (χ2v) is 4.22. The average molecular weight is 306 g/mol. The molecule has 0 spiro atoms. The Kier molecular flexibility index (Phi) is 4.08. The highest BCUT2D eigenvalue weighted by Crippen LogP contribution is 2.26. The van der Waals surface area contributed by atoms with Gasteiger partial charge in [-0.3, -0.25) is 0 Å². The van der Waals surface area contributed by atoms with Crippen molar-refractivity contribution in [2.24, 2.45) is 0 Å². The van der Waals surface area contributed by atoms with Crippen LogP contribution in [0.2, 0.25) is 5.02 Å². The summed E-state index contributed by atoms with van der Waals surface area (Å²) in [4.78, 5) is 6.43. The van der Waals surface area contributed by atoms with E-state index in [9.17, 15) is 17.6 Å². The fourth-order valence-electron chi connectivity index (χ4n) is 1.47. The minimum atomic E-state index is -4.63. The molecule has 20 heavy (non-hydrogen) atoms. The molecule has 0 aliphatic heterocycles. The lowest BCUT2D eigenvalue weighted by atomic mass is 10.2. The Bertz CT molecular complexity index is 596. The van der Waals surface area contributed by atoms with E-state index >= 15 is 0 Å². The number of nitrogens with zero attached hydrogens (tertiary/aromatic N) is 2. The lowest BCUT2D eigenvalue weighted by Gasteiger charge is -2.10. The van der Waals surface area contributed by atoms with Gasteiger partial charge in [0.05, 0.1) is 0 Å². The van der Waals surface area contributed by atoms with Crippen molar-refractivity contribution >= 4 is 17.4 Å². The highest BCUT2D eigenvalue weighted by atomic mass is 35.5. The molecule has 1 aromatic carbocycles. The number of benzene rings is 1. The third kappa shape index (κ3) is 3.36. The van der Waals surface area contributed by atoms with E-state index in [-0.39, 0.29) is 22.9 Å². The van der Waals surface area contributed by atoms with E-state index in [1.807, 2.05) is 0 Å². The van der Waals surface area contributed by atoms with Gasteiger partial charge >= 0.3 is 6.18 Å². The first-order valence-electron chi connectivity index (χ1n) is 5.45. The van der Waals surface area contributed by atoms with Gasteiger partial charge in [0.1, 0.15) is 11.6 Å². The van der Waals surface area contributed by atoms with E-state index in [2.05, 4.69) is 15.3 Å².